The largest absolute Gasteiger partial charge is 0.348 e. The smallest absolute Gasteiger partial charge is 0.309 e. The van der Waals surface area contributed by atoms with Gasteiger partial charge in [0.2, 0.25) is 0 Å². The van der Waals surface area contributed by atoms with Gasteiger partial charge in [0, 0.05) is 13.1 Å². The highest BCUT2D eigenvalue weighted by Gasteiger charge is 2.19. The van der Waals surface area contributed by atoms with Gasteiger partial charge < -0.3 is 15.5 Å². The number of nitrogens with zero attached hydrogens (tertiary/aromatic N) is 1. The Bertz CT molecular complexity index is 511. The number of amides is 2. The molecule has 1 heterocycles. The topological polar surface area (TPSA) is 61.4 Å². The van der Waals surface area contributed by atoms with Gasteiger partial charge in [0.1, 0.15) is 5.82 Å². The zero-order chi connectivity index (χ0) is 15.9. The third kappa shape index (κ3) is 5.11. The molecule has 1 aliphatic heterocycles. The van der Waals surface area contributed by atoms with Gasteiger partial charge in [-0.25, -0.2) is 4.39 Å². The molecule has 1 fully saturated rings. The molecule has 22 heavy (non-hydrogen) atoms. The first-order valence-electron chi connectivity index (χ1n) is 7.53. The Morgan fingerprint density at radius 3 is 2.36 bits per heavy atom. The highest BCUT2D eigenvalue weighted by Crippen LogP contribution is 2.14. The molecule has 0 saturated carbocycles. The van der Waals surface area contributed by atoms with Crippen LogP contribution in [-0.2, 0) is 16.1 Å². The van der Waals surface area contributed by atoms with Gasteiger partial charge in [-0.2, -0.15) is 0 Å². The second-order valence-electron chi connectivity index (χ2n) is 5.77. The van der Waals surface area contributed by atoms with E-state index in [0.29, 0.717) is 12.5 Å². The average molecular weight is 307 g/mol. The highest BCUT2D eigenvalue weighted by molar-refractivity contribution is 6.35. The Hall–Kier alpha value is -1.95. The van der Waals surface area contributed by atoms with E-state index >= 15 is 0 Å². The zero-order valence-electron chi connectivity index (χ0n) is 12.8. The first-order valence-corrected chi connectivity index (χ1v) is 7.53. The molecular weight excluding hydrogens is 285 g/mol. The van der Waals surface area contributed by atoms with Crippen molar-refractivity contribution in [3.05, 3.63) is 35.6 Å². The first kappa shape index (κ1) is 16.4. The fourth-order valence-electron chi connectivity index (χ4n) is 2.45. The maximum Gasteiger partial charge on any atom is 0.309 e. The van der Waals surface area contributed by atoms with E-state index in [1.54, 1.807) is 12.1 Å². The van der Waals surface area contributed by atoms with E-state index < -0.39 is 11.8 Å². The van der Waals surface area contributed by atoms with Gasteiger partial charge in [-0.15, -0.1) is 0 Å². The summed E-state index contributed by atoms with van der Waals surface area (Å²) in [6.07, 6.45) is 2.07. The van der Waals surface area contributed by atoms with Gasteiger partial charge in [-0.1, -0.05) is 12.1 Å². The lowest BCUT2D eigenvalue weighted by atomic mass is 9.97. The number of benzene rings is 1. The third-order valence-electron chi connectivity index (χ3n) is 3.96. The van der Waals surface area contributed by atoms with Crippen LogP contribution in [0.15, 0.2) is 24.3 Å². The fourth-order valence-corrected chi connectivity index (χ4v) is 2.45. The summed E-state index contributed by atoms with van der Waals surface area (Å²) < 4.78 is 12.8. The summed E-state index contributed by atoms with van der Waals surface area (Å²) in [7, 11) is 2.08. The Kier molecular flexibility index (Phi) is 5.89. The molecule has 2 N–H and O–H groups in total. The molecule has 0 bridgehead atoms. The molecule has 1 aliphatic rings. The van der Waals surface area contributed by atoms with Crippen LogP contribution < -0.4 is 10.6 Å². The first-order chi connectivity index (χ1) is 10.5. The van der Waals surface area contributed by atoms with E-state index in [2.05, 4.69) is 22.6 Å². The highest BCUT2D eigenvalue weighted by atomic mass is 19.1. The number of piperidine rings is 1. The number of hydrogen-bond donors (Lipinski definition) is 2. The number of likely N-dealkylation sites (tertiary alicyclic amines) is 1. The van der Waals surface area contributed by atoms with Crippen LogP contribution in [0.25, 0.3) is 0 Å². The number of nitrogens with one attached hydrogen (secondary N) is 2. The summed E-state index contributed by atoms with van der Waals surface area (Å²) in [5.74, 6) is -1.16. The van der Waals surface area contributed by atoms with Crippen LogP contribution in [0.5, 0.6) is 0 Å². The van der Waals surface area contributed by atoms with E-state index in [4.69, 9.17) is 0 Å². The number of carbonyl (C=O) groups excluding carboxylic acids is 2. The van der Waals surface area contributed by atoms with Gasteiger partial charge in [0.05, 0.1) is 0 Å². The summed E-state index contributed by atoms with van der Waals surface area (Å²) in [4.78, 5) is 25.7. The van der Waals surface area contributed by atoms with E-state index in [-0.39, 0.29) is 12.4 Å². The predicted molar refractivity (Wildman–Crippen MR) is 81.5 cm³/mol. The van der Waals surface area contributed by atoms with E-state index in [0.717, 1.165) is 31.5 Å². The lowest BCUT2D eigenvalue weighted by Gasteiger charge is -2.28. The summed E-state index contributed by atoms with van der Waals surface area (Å²) in [5, 5.41) is 5.21. The number of carbonyl (C=O) groups is 2. The molecule has 0 unspecified atom stereocenters. The van der Waals surface area contributed by atoms with Gasteiger partial charge >= 0.3 is 11.8 Å². The van der Waals surface area contributed by atoms with Crippen LogP contribution in [0.1, 0.15) is 18.4 Å². The zero-order valence-corrected chi connectivity index (χ0v) is 12.8. The molecule has 5 nitrogen and oxygen atoms in total. The second-order valence-corrected chi connectivity index (χ2v) is 5.77. The Morgan fingerprint density at radius 1 is 1.14 bits per heavy atom. The Balaban J connectivity index is 1.68. The second kappa shape index (κ2) is 7.89. The molecular formula is C16H22FN3O2. The number of rotatable bonds is 4. The molecule has 0 aliphatic carbocycles. The average Bonchev–Trinajstić information content (AvgIpc) is 2.53. The van der Waals surface area contributed by atoms with Crippen molar-refractivity contribution < 1.29 is 14.0 Å². The normalized spacial score (nSPS) is 16.3. The molecule has 1 saturated heterocycles. The van der Waals surface area contributed by atoms with Crippen LogP contribution in [0, 0.1) is 11.7 Å². The van der Waals surface area contributed by atoms with Crippen LogP contribution in [-0.4, -0.2) is 43.4 Å². The predicted octanol–water partition coefficient (Wildman–Crippen LogP) is 0.900. The quantitative estimate of drug-likeness (QED) is 0.813. The van der Waals surface area contributed by atoms with E-state index in [1.807, 2.05) is 0 Å². The molecule has 0 atom stereocenters. The maximum atomic E-state index is 12.8. The molecule has 2 rings (SSSR count). The third-order valence-corrected chi connectivity index (χ3v) is 3.96. The Labute approximate surface area is 129 Å². The van der Waals surface area contributed by atoms with Crippen molar-refractivity contribution in [2.45, 2.75) is 19.4 Å². The van der Waals surface area contributed by atoms with Crippen molar-refractivity contribution in [3.63, 3.8) is 0 Å². The van der Waals surface area contributed by atoms with Gasteiger partial charge in [0.15, 0.2) is 0 Å². The van der Waals surface area contributed by atoms with Crippen LogP contribution in [0.3, 0.4) is 0 Å². The molecule has 1 aromatic rings. The summed E-state index contributed by atoms with van der Waals surface area (Å²) in [6, 6.07) is 5.79. The molecule has 0 radical (unpaired) electrons. The number of halogens is 1. The lowest BCUT2D eigenvalue weighted by Crippen LogP contribution is -2.43. The Morgan fingerprint density at radius 2 is 1.73 bits per heavy atom. The van der Waals surface area contributed by atoms with E-state index in [9.17, 15) is 14.0 Å². The SMILES string of the molecule is CN1CCC(CNC(=O)C(=O)NCc2ccc(F)cc2)CC1. The van der Waals surface area contributed by atoms with Crippen molar-refractivity contribution in [1.29, 1.82) is 0 Å². The van der Waals surface area contributed by atoms with Crippen molar-refractivity contribution in [2.75, 3.05) is 26.7 Å². The standard InChI is InChI=1S/C16H22FN3O2/c1-20-8-6-13(7-9-20)11-19-16(22)15(21)18-10-12-2-4-14(17)5-3-12/h2-5,13H,6-11H2,1H3,(H,18,21)(H,19,22). The minimum absolute atomic E-state index is 0.209. The van der Waals surface area contributed by atoms with Crippen LogP contribution in [0.4, 0.5) is 4.39 Å². The molecule has 2 amide bonds. The van der Waals surface area contributed by atoms with Crippen LogP contribution in [0.2, 0.25) is 0 Å². The van der Waals surface area contributed by atoms with Crippen molar-refractivity contribution in [2.24, 2.45) is 5.92 Å². The van der Waals surface area contributed by atoms with Crippen molar-refractivity contribution >= 4 is 11.8 Å². The lowest BCUT2D eigenvalue weighted by molar-refractivity contribution is -0.139. The van der Waals surface area contributed by atoms with Gasteiger partial charge in [0.25, 0.3) is 0 Å². The minimum Gasteiger partial charge on any atom is -0.348 e. The summed E-state index contributed by atoms with van der Waals surface area (Å²) in [5.41, 5.74) is 0.748. The van der Waals surface area contributed by atoms with Crippen molar-refractivity contribution in [1.82, 2.24) is 15.5 Å². The fraction of sp³-hybridized carbons (Fsp3) is 0.500. The molecule has 0 aromatic heterocycles. The maximum absolute atomic E-state index is 12.8. The van der Waals surface area contributed by atoms with Crippen LogP contribution >= 0.6 is 0 Å². The minimum atomic E-state index is -0.655. The monoisotopic (exact) mass is 307 g/mol. The summed E-state index contributed by atoms with van der Waals surface area (Å²) in [6.45, 7) is 2.80. The van der Waals surface area contributed by atoms with Crippen molar-refractivity contribution in [3.8, 4) is 0 Å². The molecule has 1 aromatic carbocycles. The number of hydrogen-bond acceptors (Lipinski definition) is 3. The van der Waals surface area contributed by atoms with Gasteiger partial charge in [-0.05, 0) is 56.6 Å². The molecule has 120 valence electrons. The van der Waals surface area contributed by atoms with Gasteiger partial charge in [-0.3, -0.25) is 9.59 Å². The summed E-state index contributed by atoms with van der Waals surface area (Å²) >= 11 is 0. The van der Waals surface area contributed by atoms with E-state index in [1.165, 1.54) is 12.1 Å². The molecule has 6 heteroatoms. The molecule has 0 spiro atoms.